The van der Waals surface area contributed by atoms with Crippen LogP contribution in [0.3, 0.4) is 0 Å². The van der Waals surface area contributed by atoms with Gasteiger partial charge in [-0.2, -0.15) is 0 Å². The minimum absolute atomic E-state index is 0. The summed E-state index contributed by atoms with van der Waals surface area (Å²) in [6.07, 6.45) is -13.3. The Balaban J connectivity index is 0.000000264. The van der Waals surface area contributed by atoms with Crippen LogP contribution in [0.5, 0.6) is 0 Å². The van der Waals surface area contributed by atoms with Gasteiger partial charge in [-0.25, -0.2) is 140 Å². The van der Waals surface area contributed by atoms with Gasteiger partial charge in [-0.15, -0.1) is 43.7 Å². The van der Waals surface area contributed by atoms with Crippen molar-refractivity contribution in [2.24, 2.45) is 0 Å². The van der Waals surface area contributed by atoms with Gasteiger partial charge in [-0.05, 0) is 48.5 Å². The molecule has 0 bridgehead atoms. The zero-order chi connectivity index (χ0) is 92.2. The average molecular weight is 2040 g/mol. The van der Waals surface area contributed by atoms with E-state index in [0.29, 0.717) is 0 Å². The van der Waals surface area contributed by atoms with Crippen molar-refractivity contribution in [1.29, 1.82) is 0 Å². The van der Waals surface area contributed by atoms with E-state index in [4.69, 9.17) is 0 Å². The molecular weight excluding hydrogens is 2000 g/mol. The predicted octanol–water partition coefficient (Wildman–Crippen LogP) is 9.36. The molecule has 0 N–H and O–H groups in total. The van der Waals surface area contributed by atoms with E-state index in [1.807, 2.05) is 0 Å². The molecule has 0 radical (unpaired) electrons. The van der Waals surface area contributed by atoms with E-state index >= 15 is 140 Å². The maximum Gasteiger partial charge on any atom is 1.00 e. The Morgan fingerprint density at radius 3 is 0.325 bits per heavy atom. The van der Waals surface area contributed by atoms with Gasteiger partial charge in [0.2, 0.25) is 0 Å². The van der Waals surface area contributed by atoms with Gasteiger partial charge in [0.1, 0.15) is 105 Å². The molecule has 38 heteroatoms. The van der Waals surface area contributed by atoms with Crippen molar-refractivity contribution < 1.29 is 225 Å². The third kappa shape index (κ3) is 17.5. The second-order valence-electron chi connectivity index (χ2n) is 25.4. The summed E-state index contributed by atoms with van der Waals surface area (Å²) in [5, 5.41) is 0. The topological polar surface area (TPSA) is 0 Å². The largest absolute Gasteiger partial charge is 1.00 e. The molecule has 0 aromatic heterocycles. The minimum atomic E-state index is -6.71. The van der Waals surface area contributed by atoms with E-state index in [1.54, 1.807) is 0 Å². The van der Waals surface area contributed by atoms with Crippen molar-refractivity contribution in [1.82, 2.24) is 0 Å². The second kappa shape index (κ2) is 41.8. The zero-order valence-corrected chi connectivity index (χ0v) is 70.3. The van der Waals surface area contributed by atoms with Crippen molar-refractivity contribution in [2.45, 2.75) is 0 Å². The van der Waals surface area contributed by atoms with E-state index in [9.17, 15) is 0 Å². The Hall–Kier alpha value is -10.8. The Bertz CT molecular complexity index is 5090. The predicted molar refractivity (Wildman–Crippen MR) is 400 cm³/mol. The summed E-state index contributed by atoms with van der Waals surface area (Å²) in [4.78, 5) is 0. The molecule has 0 fully saturated rings. The van der Waals surface area contributed by atoms with Crippen LogP contribution in [0.1, 0.15) is 44.5 Å². The van der Waals surface area contributed by atoms with Gasteiger partial charge in [0.15, 0.2) is 107 Å². The molecule has 126 heavy (non-hydrogen) atoms. The van der Waals surface area contributed by atoms with Crippen molar-refractivity contribution in [2.75, 3.05) is 0 Å². The van der Waals surface area contributed by atoms with Crippen LogP contribution >= 0.6 is 0 Å². The quantitative estimate of drug-likeness (QED) is 0.0309. The van der Waals surface area contributed by atoms with E-state index < -0.39 is 287 Å². The number of rotatable bonds is 20. The van der Waals surface area contributed by atoms with Crippen molar-refractivity contribution >= 4 is 105 Å². The number of halogens is 35. The van der Waals surface area contributed by atoms with Crippen LogP contribution in [0.2, 0.25) is 0 Å². The Morgan fingerprint density at radius 2 is 0.246 bits per heavy atom. The summed E-state index contributed by atoms with van der Waals surface area (Å²) in [7, 11) is 0. The Labute approximate surface area is 742 Å². The fraction of sp³-hybridized carbons (Fsp3) is 0. The molecule has 0 amide bonds. The minimum Gasteiger partial charge on any atom is -1.00 e. The van der Waals surface area contributed by atoms with Crippen LogP contribution in [0.4, 0.5) is 140 Å². The molecule has 0 atom stereocenters. The summed E-state index contributed by atoms with van der Waals surface area (Å²) >= 11 is 0.0574. The van der Waals surface area contributed by atoms with Gasteiger partial charge in [0.05, 0.1) is 44.5 Å². The standard InChI is InChI=1S/2C32H12BF16.2C12H10I.ClH.Na/c2*1-5-9-17(34)25(42)13(26(43)18(9)35)33(14-27(44)19(36)10(6-2)20(37)28(14)45,15-29(46)21(38)11(7-3)22(39)30(15)47)16-31(48)23(40)12(8-4)24(41)32(16)49;2*1-3-7-11(8-4-1)13-12-9-5-2-6-10-12;;/h2*5-8H,1-4H2;2*1-10H;1H;/q2*-1;2*+1;;+1/p-1. The van der Waals surface area contributed by atoms with Gasteiger partial charge in [0.25, 0.3) is 0 Å². The molecule has 0 spiro atoms. The van der Waals surface area contributed by atoms with Crippen LogP contribution in [-0.2, 0) is 0 Å². The van der Waals surface area contributed by atoms with Crippen molar-refractivity contribution in [3.05, 3.63) is 419 Å². The summed E-state index contributed by atoms with van der Waals surface area (Å²) in [6.45, 7) is 22.6. The summed E-state index contributed by atoms with van der Waals surface area (Å²) in [5.41, 5.74) is -39.3. The Morgan fingerprint density at radius 1 is 0.159 bits per heavy atom. The fourth-order valence-electron chi connectivity index (χ4n) is 13.7. The molecule has 0 saturated carbocycles. The van der Waals surface area contributed by atoms with E-state index in [1.165, 1.54) is 14.3 Å². The first-order chi connectivity index (χ1) is 58.6. The molecule has 0 aliphatic carbocycles. The van der Waals surface area contributed by atoms with Crippen LogP contribution < -0.4 is 128 Å². The number of hydrogen-bond acceptors (Lipinski definition) is 0. The number of hydrogen-bond donors (Lipinski definition) is 0. The van der Waals surface area contributed by atoms with Crippen LogP contribution in [0, 0.1) is 200 Å². The maximum atomic E-state index is 16.1. The molecule has 12 rings (SSSR count). The van der Waals surface area contributed by atoms with Gasteiger partial charge in [-0.1, -0.05) is 174 Å². The summed E-state index contributed by atoms with van der Waals surface area (Å²) in [6, 6.07) is 42.8. The molecule has 0 saturated heterocycles. The van der Waals surface area contributed by atoms with E-state index in [-0.39, 0.29) is 133 Å². The van der Waals surface area contributed by atoms with Crippen molar-refractivity contribution in [3.8, 4) is 0 Å². The fourth-order valence-corrected chi connectivity index (χ4v) is 18.2. The molecular formula is C88H44B2ClF32I2Na. The van der Waals surface area contributed by atoms with E-state index in [0.717, 1.165) is 0 Å². The molecule has 0 unspecified atom stereocenters. The average Bonchev–Trinajstić information content (AvgIpc) is 0.683. The molecule has 12 aromatic rings. The summed E-state index contributed by atoms with van der Waals surface area (Å²) < 4.78 is 509. The first-order valence-electron chi connectivity index (χ1n) is 34.3. The van der Waals surface area contributed by atoms with Crippen LogP contribution in [-0.4, -0.2) is 12.3 Å². The molecule has 12 aromatic carbocycles. The second-order valence-corrected chi connectivity index (χ2v) is 31.5. The van der Waals surface area contributed by atoms with Gasteiger partial charge >= 0.3 is 72.0 Å². The molecule has 648 valence electrons. The van der Waals surface area contributed by atoms with Gasteiger partial charge in [0, 0.05) is 0 Å². The summed E-state index contributed by atoms with van der Waals surface area (Å²) in [5.74, 6) is -95.0. The SMILES string of the molecule is C=Cc1c(F)c(F)c([B-](c2c(F)c(F)c(C=C)c(F)c2F)(c2c(F)c(F)c(C=C)c(F)c2F)c2c(F)c(F)c(C=C)c(F)c2F)c(F)c1F.C=Cc1c(F)c(F)c([B-](c2c(F)c(F)c(C=C)c(F)c2F)(c2c(F)c(F)c(C=C)c(F)c2F)c2c(F)c(F)c(C=C)c(F)c2F)c(F)c1F.[Cl-].[Na+].c1ccc([I+]c2ccccc2)cc1.c1ccc([I+]c2ccccc2)cc1. The number of benzene rings is 12. The Kier molecular flexibility index (Phi) is 33.9. The third-order valence-corrected chi connectivity index (χ3v) is 24.5. The third-order valence-electron chi connectivity index (χ3n) is 19.1. The smallest absolute Gasteiger partial charge is 1.00 e. The van der Waals surface area contributed by atoms with Crippen molar-refractivity contribution in [3.63, 3.8) is 0 Å². The first kappa shape index (κ1) is 102. The van der Waals surface area contributed by atoms with Crippen LogP contribution in [0.15, 0.2) is 174 Å². The molecule has 0 heterocycles. The molecule has 0 nitrogen and oxygen atoms in total. The normalized spacial score (nSPS) is 11.0. The zero-order valence-electron chi connectivity index (χ0n) is 63.2. The van der Waals surface area contributed by atoms with Gasteiger partial charge in [-0.3, -0.25) is 0 Å². The maximum absolute atomic E-state index is 16.1. The van der Waals surface area contributed by atoms with Gasteiger partial charge < -0.3 is 12.4 Å². The first-order valence-corrected chi connectivity index (χ1v) is 38.6. The van der Waals surface area contributed by atoms with Crippen LogP contribution in [0.25, 0.3) is 48.6 Å². The molecule has 0 aliphatic rings. The molecule has 0 aliphatic heterocycles. The monoisotopic (exact) mass is 2040 g/mol. The van der Waals surface area contributed by atoms with E-state index in [2.05, 4.69) is 174 Å².